The number of aliphatic hydroxyl groups is 3. The topological polar surface area (TPSA) is 161 Å². The van der Waals surface area contributed by atoms with Gasteiger partial charge in [0.05, 0.1) is 11.6 Å². The Morgan fingerprint density at radius 1 is 1.20 bits per heavy atom. The summed E-state index contributed by atoms with van der Waals surface area (Å²) in [5, 5.41) is 43.2. The highest BCUT2D eigenvalue weighted by Gasteiger charge is 2.63. The second kappa shape index (κ2) is 6.41. The Kier molecular flexibility index (Phi) is 4.30. The first-order valence-corrected chi connectivity index (χ1v) is 9.47. The van der Waals surface area contributed by atoms with Crippen LogP contribution in [0, 0.1) is 11.8 Å². The molecule has 3 aliphatic rings. The molecule has 3 aliphatic carbocycles. The molecule has 0 saturated carbocycles. The van der Waals surface area contributed by atoms with Crippen molar-refractivity contribution >= 4 is 17.5 Å². The van der Waals surface area contributed by atoms with Gasteiger partial charge in [0.2, 0.25) is 5.78 Å². The van der Waals surface area contributed by atoms with Crippen molar-refractivity contribution < 1.29 is 34.8 Å². The van der Waals surface area contributed by atoms with Gasteiger partial charge in [-0.25, -0.2) is 0 Å². The number of aliphatic hydroxyl groups excluding tert-OH is 2. The number of likely N-dealkylation sites (N-methyl/N-ethyl adjacent to an activating group) is 1. The number of hydrogen-bond acceptors (Lipinski definition) is 8. The molecule has 0 heterocycles. The molecule has 0 aromatic heterocycles. The summed E-state index contributed by atoms with van der Waals surface area (Å²) in [5.41, 5.74) is 2.31. The van der Waals surface area contributed by atoms with Crippen LogP contribution in [-0.2, 0) is 16.0 Å². The monoisotopic (exact) mass is 414 g/mol. The summed E-state index contributed by atoms with van der Waals surface area (Å²) in [6.45, 7) is 0. The lowest BCUT2D eigenvalue weighted by Crippen LogP contribution is -2.63. The number of aromatic hydroxyl groups is 1. The molecule has 6 N–H and O–H groups in total. The lowest BCUT2D eigenvalue weighted by molar-refractivity contribution is -0.148. The number of carbonyl (C=O) groups excluding carboxylic acids is 3. The van der Waals surface area contributed by atoms with E-state index in [2.05, 4.69) is 0 Å². The SMILES string of the molecule is CN(C)[C@@H]1C(O)=C(C(N)=O)C(=O)[C@@]2(O)C(O)=C3C(=O)c4c(O)cccc4CC3C[C@@H]12. The Balaban J connectivity index is 1.97. The number of nitrogens with two attached hydrogens (primary N) is 1. The lowest BCUT2D eigenvalue weighted by atomic mass is 9.58. The fraction of sp³-hybridized carbons (Fsp3) is 0.381. The minimum atomic E-state index is -2.60. The summed E-state index contributed by atoms with van der Waals surface area (Å²) in [6.07, 6.45) is 0.379. The van der Waals surface area contributed by atoms with Crippen LogP contribution in [0.2, 0.25) is 0 Å². The van der Waals surface area contributed by atoms with Crippen molar-refractivity contribution in [2.24, 2.45) is 17.6 Å². The van der Waals surface area contributed by atoms with Crippen LogP contribution >= 0.6 is 0 Å². The number of hydrogen-bond donors (Lipinski definition) is 5. The van der Waals surface area contributed by atoms with Crippen molar-refractivity contribution in [3.05, 3.63) is 52.0 Å². The third-order valence-corrected chi connectivity index (χ3v) is 6.46. The second-order valence-corrected chi connectivity index (χ2v) is 8.27. The first-order chi connectivity index (χ1) is 14.0. The molecule has 0 aliphatic heterocycles. The normalized spacial score (nSPS) is 30.9. The summed E-state index contributed by atoms with van der Waals surface area (Å²) in [4.78, 5) is 39.6. The molecule has 0 fully saturated rings. The summed E-state index contributed by atoms with van der Waals surface area (Å²) < 4.78 is 0. The van der Waals surface area contributed by atoms with E-state index in [4.69, 9.17) is 5.73 Å². The Morgan fingerprint density at radius 2 is 1.87 bits per heavy atom. The van der Waals surface area contributed by atoms with Crippen LogP contribution in [0.15, 0.2) is 40.9 Å². The fourth-order valence-electron chi connectivity index (χ4n) is 5.19. The van der Waals surface area contributed by atoms with Crippen molar-refractivity contribution in [3.8, 4) is 5.75 Å². The smallest absolute Gasteiger partial charge is 0.255 e. The molecule has 0 radical (unpaired) electrons. The number of benzene rings is 1. The van der Waals surface area contributed by atoms with Crippen LogP contribution in [0.4, 0.5) is 0 Å². The van der Waals surface area contributed by atoms with Crippen molar-refractivity contribution in [2.75, 3.05) is 14.1 Å². The zero-order chi connectivity index (χ0) is 22.1. The number of ketones is 2. The molecule has 30 heavy (non-hydrogen) atoms. The van der Waals surface area contributed by atoms with Gasteiger partial charge in [-0.3, -0.25) is 19.3 Å². The highest BCUT2D eigenvalue weighted by atomic mass is 16.3. The molecule has 1 aromatic carbocycles. The average molecular weight is 414 g/mol. The van der Waals surface area contributed by atoms with E-state index >= 15 is 0 Å². The molecular weight excluding hydrogens is 392 g/mol. The number of allylic oxidation sites excluding steroid dienone is 1. The van der Waals surface area contributed by atoms with Crippen LogP contribution in [0.25, 0.3) is 0 Å². The molecular formula is C21H22N2O7. The Morgan fingerprint density at radius 3 is 2.47 bits per heavy atom. The van der Waals surface area contributed by atoms with E-state index in [-0.39, 0.29) is 23.3 Å². The Labute approximate surface area is 171 Å². The number of primary amides is 1. The molecule has 0 bridgehead atoms. The van der Waals surface area contributed by atoms with E-state index in [1.165, 1.54) is 11.0 Å². The molecule has 1 aromatic rings. The van der Waals surface area contributed by atoms with E-state index < -0.39 is 58.0 Å². The standard InChI is InChI=1S/C21H22N2O7/c1-23(2)15-10-7-9-6-8-4-3-5-11(24)12(8)16(25)13(9)18(27)21(10,30)19(28)14(17(15)26)20(22)29/h3-5,9-10,15,24,26-27,30H,6-7H2,1-2H3,(H2,22,29)/t9?,10-,15-,21-/m0/s1. The van der Waals surface area contributed by atoms with Crippen molar-refractivity contribution in [1.82, 2.24) is 4.90 Å². The summed E-state index contributed by atoms with van der Waals surface area (Å²) >= 11 is 0. The van der Waals surface area contributed by atoms with Crippen LogP contribution in [-0.4, -0.2) is 68.5 Å². The molecule has 0 saturated heterocycles. The molecule has 9 nitrogen and oxygen atoms in total. The maximum Gasteiger partial charge on any atom is 0.255 e. The zero-order valence-electron chi connectivity index (χ0n) is 16.4. The highest BCUT2D eigenvalue weighted by molar-refractivity contribution is 6.24. The van der Waals surface area contributed by atoms with Crippen LogP contribution in [0.5, 0.6) is 5.75 Å². The third kappa shape index (κ3) is 2.39. The first-order valence-electron chi connectivity index (χ1n) is 9.47. The maximum atomic E-state index is 13.1. The van der Waals surface area contributed by atoms with Crippen LogP contribution in [0.1, 0.15) is 22.3 Å². The van der Waals surface area contributed by atoms with Gasteiger partial charge >= 0.3 is 0 Å². The van der Waals surface area contributed by atoms with E-state index in [1.54, 1.807) is 26.2 Å². The highest BCUT2D eigenvalue weighted by Crippen LogP contribution is 2.52. The number of nitrogens with zero attached hydrogens (tertiary/aromatic N) is 1. The minimum absolute atomic E-state index is 0.0123. The Hall–Kier alpha value is -3.17. The molecule has 4 atom stereocenters. The number of rotatable bonds is 2. The van der Waals surface area contributed by atoms with Crippen LogP contribution in [0.3, 0.4) is 0 Å². The summed E-state index contributed by atoms with van der Waals surface area (Å²) in [7, 11) is 3.18. The van der Waals surface area contributed by atoms with Gasteiger partial charge in [-0.2, -0.15) is 0 Å². The summed E-state index contributed by atoms with van der Waals surface area (Å²) in [5.74, 6) is -6.42. The van der Waals surface area contributed by atoms with Crippen molar-refractivity contribution in [2.45, 2.75) is 24.5 Å². The second-order valence-electron chi connectivity index (χ2n) is 8.27. The predicted octanol–water partition coefficient (Wildman–Crippen LogP) is 0.121. The van der Waals surface area contributed by atoms with E-state index in [9.17, 15) is 34.8 Å². The molecule has 9 heteroatoms. The summed E-state index contributed by atoms with van der Waals surface area (Å²) in [6, 6.07) is 3.66. The van der Waals surface area contributed by atoms with Gasteiger partial charge in [0.15, 0.2) is 11.4 Å². The number of Topliss-reactive ketones (excluding diaryl/α,β-unsaturated/α-hetero) is 2. The largest absolute Gasteiger partial charge is 0.510 e. The van der Waals surface area contributed by atoms with E-state index in [0.29, 0.717) is 12.0 Å². The van der Waals surface area contributed by atoms with E-state index in [1.807, 2.05) is 0 Å². The number of carbonyl (C=O) groups is 3. The Bertz CT molecular complexity index is 1070. The predicted molar refractivity (Wildman–Crippen MR) is 104 cm³/mol. The quantitative estimate of drug-likeness (QED) is 0.426. The zero-order valence-corrected chi connectivity index (χ0v) is 16.4. The fourth-order valence-corrected chi connectivity index (χ4v) is 5.19. The van der Waals surface area contributed by atoms with Gasteiger partial charge in [0, 0.05) is 11.5 Å². The molecule has 1 unspecified atom stereocenters. The van der Waals surface area contributed by atoms with E-state index in [0.717, 1.165) is 0 Å². The van der Waals surface area contributed by atoms with Gasteiger partial charge in [0.25, 0.3) is 5.91 Å². The lowest BCUT2D eigenvalue weighted by Gasteiger charge is -2.50. The number of amides is 1. The van der Waals surface area contributed by atoms with Gasteiger partial charge in [0.1, 0.15) is 22.8 Å². The number of fused-ring (bicyclic) bond motifs is 3. The van der Waals surface area contributed by atoms with Gasteiger partial charge in [-0.15, -0.1) is 0 Å². The van der Waals surface area contributed by atoms with Crippen molar-refractivity contribution in [3.63, 3.8) is 0 Å². The van der Waals surface area contributed by atoms with Gasteiger partial charge < -0.3 is 26.2 Å². The van der Waals surface area contributed by atoms with Gasteiger partial charge in [-0.05, 0) is 44.5 Å². The molecule has 1 amide bonds. The first kappa shape index (κ1) is 20.1. The molecule has 0 spiro atoms. The van der Waals surface area contributed by atoms with Crippen LogP contribution < -0.4 is 5.73 Å². The van der Waals surface area contributed by atoms with Crippen molar-refractivity contribution in [1.29, 1.82) is 0 Å². The molecule has 158 valence electrons. The number of phenolic OH excluding ortho intramolecular Hbond substituents is 1. The number of phenols is 1. The minimum Gasteiger partial charge on any atom is -0.510 e. The van der Waals surface area contributed by atoms with Gasteiger partial charge in [-0.1, -0.05) is 12.1 Å². The maximum absolute atomic E-state index is 13.1. The third-order valence-electron chi connectivity index (χ3n) is 6.46. The average Bonchev–Trinajstić information content (AvgIpc) is 2.64. The molecule has 4 rings (SSSR count).